The van der Waals surface area contributed by atoms with Crippen LogP contribution in [0, 0.1) is 12.3 Å². The van der Waals surface area contributed by atoms with Crippen molar-refractivity contribution >= 4 is 8.32 Å². The molecule has 2 heteroatoms. The van der Waals surface area contributed by atoms with Crippen molar-refractivity contribution in [3.8, 4) is 0 Å². The van der Waals surface area contributed by atoms with E-state index in [1.807, 2.05) is 0 Å². The average molecular weight is 255 g/mol. The molecule has 0 unspecified atom stereocenters. The molecule has 0 saturated heterocycles. The fraction of sp³-hybridized carbons (Fsp3) is 0.933. The monoisotopic (exact) mass is 255 g/mol. The first kappa shape index (κ1) is 15.2. The predicted molar refractivity (Wildman–Crippen MR) is 78.6 cm³/mol. The zero-order valence-electron chi connectivity index (χ0n) is 12.6. The molecule has 1 rings (SSSR count). The Balaban J connectivity index is 2.54. The van der Waals surface area contributed by atoms with Crippen LogP contribution in [0.5, 0.6) is 0 Å². The Morgan fingerprint density at radius 3 is 1.76 bits per heavy atom. The molecular formula is C15H31OSi. The van der Waals surface area contributed by atoms with Crippen molar-refractivity contribution < 1.29 is 4.43 Å². The molecule has 0 aromatic heterocycles. The Hall–Kier alpha value is 0.177. The Kier molecular flexibility index (Phi) is 5.71. The van der Waals surface area contributed by atoms with Gasteiger partial charge in [0.25, 0.3) is 0 Å². The summed E-state index contributed by atoms with van der Waals surface area (Å²) in [6, 6.07) is 0. The highest BCUT2D eigenvalue weighted by atomic mass is 28.4. The molecule has 1 aliphatic rings. The molecule has 0 aromatic carbocycles. The molecule has 1 saturated carbocycles. The molecule has 1 radical (unpaired) electrons. The van der Waals surface area contributed by atoms with E-state index in [1.165, 1.54) is 19.3 Å². The van der Waals surface area contributed by atoms with Crippen molar-refractivity contribution in [2.24, 2.45) is 5.92 Å². The van der Waals surface area contributed by atoms with E-state index < -0.39 is 8.32 Å². The van der Waals surface area contributed by atoms with Gasteiger partial charge in [-0.3, -0.25) is 0 Å². The van der Waals surface area contributed by atoms with Gasteiger partial charge in [0.1, 0.15) is 0 Å². The lowest BCUT2D eigenvalue weighted by Crippen LogP contribution is -2.48. The van der Waals surface area contributed by atoms with Gasteiger partial charge in [0.05, 0.1) is 0 Å². The Morgan fingerprint density at radius 1 is 1.00 bits per heavy atom. The van der Waals surface area contributed by atoms with Crippen LogP contribution in [0.25, 0.3) is 0 Å². The lowest BCUT2D eigenvalue weighted by atomic mass is 9.83. The van der Waals surface area contributed by atoms with Crippen molar-refractivity contribution in [3.63, 3.8) is 0 Å². The molecule has 0 spiro atoms. The summed E-state index contributed by atoms with van der Waals surface area (Å²) in [5.41, 5.74) is 2.15. The standard InChI is InChI=1S/C15H31OSi/c1-12(2)17(13(3)4,14(5)6)16-11-10-15-8-7-9-15/h7,12-15H,8-11H2,1-6H3. The van der Waals surface area contributed by atoms with Crippen molar-refractivity contribution in [1.82, 2.24) is 0 Å². The van der Waals surface area contributed by atoms with E-state index in [9.17, 15) is 0 Å². The third kappa shape index (κ3) is 3.34. The zero-order valence-corrected chi connectivity index (χ0v) is 13.6. The topological polar surface area (TPSA) is 9.23 Å². The molecule has 0 heterocycles. The van der Waals surface area contributed by atoms with Crippen molar-refractivity contribution in [3.05, 3.63) is 6.42 Å². The second-order valence-electron chi connectivity index (χ2n) is 6.58. The first-order valence-corrected chi connectivity index (χ1v) is 9.50. The van der Waals surface area contributed by atoms with Gasteiger partial charge < -0.3 is 4.43 Å². The summed E-state index contributed by atoms with van der Waals surface area (Å²) in [5, 5.41) is 0. The zero-order chi connectivity index (χ0) is 13.1. The maximum Gasteiger partial charge on any atom is 0.200 e. The Morgan fingerprint density at radius 2 is 1.47 bits per heavy atom. The van der Waals surface area contributed by atoms with Crippen LogP contribution in [-0.2, 0) is 4.43 Å². The highest BCUT2D eigenvalue weighted by Crippen LogP contribution is 2.42. The Bertz CT molecular complexity index is 197. The van der Waals surface area contributed by atoms with Crippen molar-refractivity contribution in [1.29, 1.82) is 0 Å². The van der Waals surface area contributed by atoms with E-state index in [-0.39, 0.29) is 0 Å². The van der Waals surface area contributed by atoms with Crippen LogP contribution in [0.15, 0.2) is 0 Å². The summed E-state index contributed by atoms with van der Waals surface area (Å²) in [4.78, 5) is 0. The minimum atomic E-state index is -1.59. The molecule has 1 aliphatic carbocycles. The van der Waals surface area contributed by atoms with E-state index in [0.29, 0.717) is 0 Å². The molecule has 1 nitrogen and oxygen atoms in total. The summed E-state index contributed by atoms with van der Waals surface area (Å²) in [5.74, 6) is 0.924. The second-order valence-corrected chi connectivity index (χ2v) is 12.0. The fourth-order valence-electron chi connectivity index (χ4n) is 3.54. The number of hydrogen-bond donors (Lipinski definition) is 0. The summed E-state index contributed by atoms with van der Waals surface area (Å²) in [7, 11) is -1.59. The highest BCUT2D eigenvalue weighted by Gasteiger charge is 2.44. The van der Waals surface area contributed by atoms with E-state index >= 15 is 0 Å². The molecule has 101 valence electrons. The second kappa shape index (κ2) is 6.37. The lowest BCUT2D eigenvalue weighted by Gasteiger charge is -2.42. The van der Waals surface area contributed by atoms with Gasteiger partial charge in [0.2, 0.25) is 0 Å². The van der Waals surface area contributed by atoms with Crippen molar-refractivity contribution in [2.75, 3.05) is 6.61 Å². The van der Waals surface area contributed by atoms with Gasteiger partial charge in [-0.15, -0.1) is 0 Å². The molecule has 0 aliphatic heterocycles. The molecular weight excluding hydrogens is 224 g/mol. The Labute approximate surface area is 109 Å². The third-order valence-electron chi connectivity index (χ3n) is 4.59. The van der Waals surface area contributed by atoms with E-state index in [2.05, 4.69) is 48.0 Å². The first-order valence-electron chi connectivity index (χ1n) is 7.36. The quantitative estimate of drug-likeness (QED) is 0.569. The lowest BCUT2D eigenvalue weighted by molar-refractivity contribution is 0.229. The van der Waals surface area contributed by atoms with Crippen LogP contribution in [0.2, 0.25) is 16.6 Å². The summed E-state index contributed by atoms with van der Waals surface area (Å²) < 4.78 is 6.55. The van der Waals surface area contributed by atoms with Crippen LogP contribution < -0.4 is 0 Å². The first-order chi connectivity index (χ1) is 7.91. The van der Waals surface area contributed by atoms with Gasteiger partial charge in [-0.1, -0.05) is 41.5 Å². The molecule has 0 aromatic rings. The molecule has 0 N–H and O–H groups in total. The minimum absolute atomic E-state index is 0.718. The van der Waals surface area contributed by atoms with Crippen LogP contribution in [-0.4, -0.2) is 14.9 Å². The molecule has 0 bridgehead atoms. The van der Waals surface area contributed by atoms with Gasteiger partial charge >= 0.3 is 0 Å². The van der Waals surface area contributed by atoms with Gasteiger partial charge in [0, 0.05) is 6.61 Å². The van der Waals surface area contributed by atoms with Gasteiger partial charge in [-0.2, -0.15) is 0 Å². The molecule has 0 atom stereocenters. The van der Waals surface area contributed by atoms with Gasteiger partial charge in [-0.05, 0) is 48.2 Å². The van der Waals surface area contributed by atoms with Crippen LogP contribution in [0.1, 0.15) is 60.8 Å². The van der Waals surface area contributed by atoms with E-state index in [4.69, 9.17) is 4.43 Å². The van der Waals surface area contributed by atoms with Gasteiger partial charge in [-0.25, -0.2) is 0 Å². The van der Waals surface area contributed by atoms with Crippen LogP contribution >= 0.6 is 0 Å². The maximum absolute atomic E-state index is 6.55. The maximum atomic E-state index is 6.55. The summed E-state index contributed by atoms with van der Waals surface area (Å²) in [6.45, 7) is 15.2. The SMILES string of the molecule is CC(C)[Si](OCCC1C[CH]C1)(C(C)C)C(C)C. The predicted octanol–water partition coefficient (Wildman–Crippen LogP) is 5.18. The van der Waals surface area contributed by atoms with E-state index in [0.717, 1.165) is 29.1 Å². The average Bonchev–Trinajstić information content (AvgIpc) is 2.13. The largest absolute Gasteiger partial charge is 0.416 e. The highest BCUT2D eigenvalue weighted by molar-refractivity contribution is 6.77. The smallest absolute Gasteiger partial charge is 0.200 e. The molecule has 17 heavy (non-hydrogen) atoms. The van der Waals surface area contributed by atoms with Crippen LogP contribution in [0.4, 0.5) is 0 Å². The number of hydrogen-bond acceptors (Lipinski definition) is 1. The molecule has 1 fully saturated rings. The third-order valence-corrected chi connectivity index (χ3v) is 10.7. The minimum Gasteiger partial charge on any atom is -0.416 e. The summed E-state index contributed by atoms with van der Waals surface area (Å²) >= 11 is 0. The normalized spacial score (nSPS) is 18.2. The van der Waals surface area contributed by atoms with Crippen LogP contribution in [0.3, 0.4) is 0 Å². The molecule has 0 amide bonds. The van der Waals surface area contributed by atoms with Gasteiger partial charge in [0.15, 0.2) is 8.32 Å². The number of rotatable bonds is 7. The van der Waals surface area contributed by atoms with E-state index in [1.54, 1.807) is 0 Å². The van der Waals surface area contributed by atoms with Crippen molar-refractivity contribution in [2.45, 2.75) is 77.4 Å². The summed E-state index contributed by atoms with van der Waals surface area (Å²) in [6.07, 6.45) is 6.31. The fourth-order valence-corrected chi connectivity index (χ4v) is 9.01.